The van der Waals surface area contributed by atoms with Crippen LogP contribution in [0.15, 0.2) is 72.8 Å². The van der Waals surface area contributed by atoms with E-state index in [9.17, 15) is 23.1 Å². The summed E-state index contributed by atoms with van der Waals surface area (Å²) in [5.41, 5.74) is 2.18. The van der Waals surface area contributed by atoms with Crippen LogP contribution in [0, 0.1) is 5.41 Å². The zero-order valence-corrected chi connectivity index (χ0v) is 23.4. The van der Waals surface area contributed by atoms with Gasteiger partial charge in [-0.25, -0.2) is 13.2 Å². The van der Waals surface area contributed by atoms with E-state index >= 15 is 0 Å². The Bertz CT molecular complexity index is 1250. The first-order valence-electron chi connectivity index (χ1n) is 13.6. The highest BCUT2D eigenvalue weighted by molar-refractivity contribution is 7.89. The van der Waals surface area contributed by atoms with Crippen LogP contribution < -0.4 is 4.72 Å². The topological polar surface area (TPSA) is 107 Å². The predicted octanol–water partition coefficient (Wildman–Crippen LogP) is 3.87. The molecule has 2 N–H and O–H groups in total. The molecular formula is C30H39N3O5S. The van der Waals surface area contributed by atoms with Gasteiger partial charge in [0.15, 0.2) is 0 Å². The van der Waals surface area contributed by atoms with Gasteiger partial charge in [-0.05, 0) is 48.6 Å². The maximum Gasteiger partial charge on any atom is 0.320 e. The van der Waals surface area contributed by atoms with Crippen LogP contribution in [0.3, 0.4) is 0 Å². The molecule has 1 saturated heterocycles. The van der Waals surface area contributed by atoms with Crippen molar-refractivity contribution in [1.29, 1.82) is 0 Å². The lowest BCUT2D eigenvalue weighted by Gasteiger charge is -2.23. The van der Waals surface area contributed by atoms with Crippen molar-refractivity contribution in [2.24, 2.45) is 5.41 Å². The second kappa shape index (κ2) is 12.8. The number of rotatable bonds is 14. The number of aliphatic hydroxyl groups excluding tert-OH is 1. The summed E-state index contributed by atoms with van der Waals surface area (Å²) in [7, 11) is -3.54. The third kappa shape index (κ3) is 8.93. The van der Waals surface area contributed by atoms with E-state index < -0.39 is 22.0 Å². The fourth-order valence-electron chi connectivity index (χ4n) is 5.33. The van der Waals surface area contributed by atoms with Gasteiger partial charge in [-0.2, -0.15) is 0 Å². The first kappa shape index (κ1) is 28.8. The second-order valence-electron chi connectivity index (χ2n) is 11.0. The van der Waals surface area contributed by atoms with Crippen molar-refractivity contribution < 1.29 is 23.1 Å². The predicted molar refractivity (Wildman–Crippen MR) is 151 cm³/mol. The van der Waals surface area contributed by atoms with Gasteiger partial charge >= 0.3 is 6.03 Å². The number of urea groups is 1. The number of amides is 3. The summed E-state index contributed by atoms with van der Waals surface area (Å²) in [5, 5.41) is 10.6. The quantitative estimate of drug-likeness (QED) is 0.346. The molecule has 2 fully saturated rings. The second-order valence-corrected chi connectivity index (χ2v) is 12.7. The maximum absolute atomic E-state index is 13.4. The van der Waals surface area contributed by atoms with E-state index in [-0.39, 0.29) is 23.9 Å². The number of carbonyl (C=O) groups excluding carboxylic acids is 2. The Morgan fingerprint density at radius 3 is 2.33 bits per heavy atom. The zero-order valence-electron chi connectivity index (χ0n) is 22.5. The Labute approximate surface area is 231 Å². The molecule has 1 aliphatic carbocycles. The van der Waals surface area contributed by atoms with Gasteiger partial charge in [0.2, 0.25) is 15.9 Å². The molecule has 210 valence electrons. The molecule has 4 rings (SSSR count). The van der Waals surface area contributed by atoms with Crippen LogP contribution in [-0.2, 0) is 27.8 Å². The van der Waals surface area contributed by atoms with E-state index in [1.54, 1.807) is 6.08 Å². The normalized spacial score (nSPS) is 19.4. The van der Waals surface area contributed by atoms with E-state index in [4.69, 9.17) is 0 Å². The van der Waals surface area contributed by atoms with Crippen LogP contribution in [0.1, 0.15) is 49.7 Å². The van der Waals surface area contributed by atoms with Crippen molar-refractivity contribution in [3.05, 3.63) is 83.9 Å². The molecule has 1 aliphatic heterocycles. The number of nitrogens with one attached hydrogen (secondary N) is 1. The lowest BCUT2D eigenvalue weighted by atomic mass is 9.94. The first-order chi connectivity index (χ1) is 18.6. The van der Waals surface area contributed by atoms with Gasteiger partial charge in [0.05, 0.1) is 18.4 Å². The number of benzene rings is 2. The largest absolute Gasteiger partial charge is 0.389 e. The average Bonchev–Trinajstić information content (AvgIpc) is 3.61. The molecule has 2 aromatic rings. The summed E-state index contributed by atoms with van der Waals surface area (Å²) in [5.74, 6) is -0.464. The SMILES string of the molecule is CS(=O)(=O)NC(=O)CCC1(CCCN2C(=O)N(Cc3ccccc3)C[C@@H]2C=CC(O)Cc2ccccc2)CC1. The highest BCUT2D eigenvalue weighted by atomic mass is 32.2. The van der Waals surface area contributed by atoms with Crippen LogP contribution >= 0.6 is 0 Å². The van der Waals surface area contributed by atoms with Crippen LogP contribution in [0.25, 0.3) is 0 Å². The Kier molecular flexibility index (Phi) is 9.45. The summed E-state index contributed by atoms with van der Waals surface area (Å²) < 4.78 is 24.6. The van der Waals surface area contributed by atoms with Crippen molar-refractivity contribution in [2.45, 2.75) is 63.6 Å². The molecule has 0 bridgehead atoms. The molecule has 2 aromatic carbocycles. The lowest BCUT2D eigenvalue weighted by molar-refractivity contribution is -0.119. The summed E-state index contributed by atoms with van der Waals surface area (Å²) in [4.78, 5) is 29.1. The van der Waals surface area contributed by atoms with Gasteiger partial charge in [-0.1, -0.05) is 72.8 Å². The van der Waals surface area contributed by atoms with E-state index in [2.05, 4.69) is 0 Å². The minimum absolute atomic E-state index is 0.0107. The van der Waals surface area contributed by atoms with Crippen molar-refractivity contribution in [1.82, 2.24) is 14.5 Å². The minimum atomic E-state index is -3.54. The van der Waals surface area contributed by atoms with Crippen molar-refractivity contribution in [3.63, 3.8) is 0 Å². The first-order valence-corrected chi connectivity index (χ1v) is 15.5. The zero-order chi connectivity index (χ0) is 27.9. The molecule has 3 amide bonds. The van der Waals surface area contributed by atoms with Crippen LogP contribution in [0.5, 0.6) is 0 Å². The molecule has 0 radical (unpaired) electrons. The van der Waals surface area contributed by atoms with Gasteiger partial charge in [0, 0.05) is 32.5 Å². The molecule has 8 nitrogen and oxygen atoms in total. The van der Waals surface area contributed by atoms with Crippen LogP contribution in [0.4, 0.5) is 4.79 Å². The van der Waals surface area contributed by atoms with Gasteiger partial charge in [0.25, 0.3) is 0 Å². The highest BCUT2D eigenvalue weighted by Gasteiger charge is 2.42. The summed E-state index contributed by atoms with van der Waals surface area (Å²) >= 11 is 0. The Hall–Kier alpha value is -3.17. The third-order valence-electron chi connectivity index (χ3n) is 7.63. The standard InChI is InChI=1S/C30H39N3O5S/c1-39(37,38)31-28(35)15-17-30(18-19-30)16-8-20-33-26(13-14-27(34)21-24-9-4-2-5-10-24)23-32(29(33)36)22-25-11-6-3-7-12-25/h2-7,9-14,26-27,34H,8,15-23H2,1H3,(H,31,35)/t26-,27?/m0/s1. The van der Waals surface area contributed by atoms with Crippen molar-refractivity contribution in [2.75, 3.05) is 19.3 Å². The summed E-state index contributed by atoms with van der Waals surface area (Å²) in [6.45, 7) is 1.68. The number of hydrogen-bond acceptors (Lipinski definition) is 5. The molecule has 2 aliphatic rings. The fraction of sp³-hybridized carbons (Fsp3) is 0.467. The molecule has 0 aromatic heterocycles. The minimum Gasteiger partial charge on any atom is -0.389 e. The Balaban J connectivity index is 1.35. The molecule has 1 heterocycles. The van der Waals surface area contributed by atoms with E-state index in [0.717, 1.165) is 43.1 Å². The number of hydrogen-bond donors (Lipinski definition) is 2. The monoisotopic (exact) mass is 553 g/mol. The van der Waals surface area contributed by atoms with Gasteiger partial charge < -0.3 is 14.9 Å². The number of carbonyl (C=O) groups is 2. The smallest absolute Gasteiger partial charge is 0.320 e. The number of nitrogens with zero attached hydrogens (tertiary/aromatic N) is 2. The molecule has 9 heteroatoms. The molecule has 1 unspecified atom stereocenters. The summed E-state index contributed by atoms with van der Waals surface area (Å²) in [6, 6.07) is 19.6. The maximum atomic E-state index is 13.4. The van der Waals surface area contributed by atoms with Crippen molar-refractivity contribution in [3.8, 4) is 0 Å². The Morgan fingerprint density at radius 2 is 1.72 bits per heavy atom. The van der Waals surface area contributed by atoms with Gasteiger partial charge in [-0.3, -0.25) is 9.52 Å². The van der Waals surface area contributed by atoms with Gasteiger partial charge in [0.1, 0.15) is 0 Å². The van der Waals surface area contributed by atoms with E-state index in [1.165, 1.54) is 0 Å². The summed E-state index contributed by atoms with van der Waals surface area (Å²) in [6.07, 6.45) is 9.17. The number of sulfonamides is 1. The van der Waals surface area contributed by atoms with Crippen LogP contribution in [-0.4, -0.2) is 66.8 Å². The van der Waals surface area contributed by atoms with E-state index in [1.807, 2.05) is 81.3 Å². The van der Waals surface area contributed by atoms with Gasteiger partial charge in [-0.15, -0.1) is 0 Å². The molecule has 39 heavy (non-hydrogen) atoms. The average molecular weight is 554 g/mol. The Morgan fingerprint density at radius 1 is 1.08 bits per heavy atom. The van der Waals surface area contributed by atoms with Crippen LogP contribution in [0.2, 0.25) is 0 Å². The molecule has 1 saturated carbocycles. The van der Waals surface area contributed by atoms with Crippen molar-refractivity contribution >= 4 is 22.0 Å². The lowest BCUT2D eigenvalue weighted by Crippen LogP contribution is -2.35. The number of aliphatic hydroxyl groups is 1. The molecular weight excluding hydrogens is 514 g/mol. The molecule has 2 atom stereocenters. The highest BCUT2D eigenvalue weighted by Crippen LogP contribution is 2.53. The fourth-order valence-corrected chi connectivity index (χ4v) is 5.85. The third-order valence-corrected chi connectivity index (χ3v) is 8.23. The van der Waals surface area contributed by atoms with E-state index in [0.29, 0.717) is 32.5 Å². The molecule has 0 spiro atoms.